The molecule has 2 aromatic carbocycles. The van der Waals surface area contributed by atoms with Crippen LogP contribution in [0.5, 0.6) is 0 Å². The Morgan fingerprint density at radius 2 is 1.55 bits per heavy atom. The van der Waals surface area contributed by atoms with Gasteiger partial charge in [-0.2, -0.15) is 0 Å². The van der Waals surface area contributed by atoms with Crippen LogP contribution in [0.3, 0.4) is 0 Å². The predicted octanol–water partition coefficient (Wildman–Crippen LogP) is 5.56. The van der Waals surface area contributed by atoms with Crippen LogP contribution in [0.4, 0.5) is 0 Å². The summed E-state index contributed by atoms with van der Waals surface area (Å²) in [6.07, 6.45) is 1.29. The van der Waals surface area contributed by atoms with Crippen LogP contribution in [0.15, 0.2) is 59.5 Å². The van der Waals surface area contributed by atoms with E-state index >= 15 is 0 Å². The minimum absolute atomic E-state index is 0.574. The summed E-state index contributed by atoms with van der Waals surface area (Å²) < 4.78 is 0. The van der Waals surface area contributed by atoms with E-state index in [-0.39, 0.29) is 0 Å². The third-order valence-corrected chi connectivity index (χ3v) is 9.93. The Morgan fingerprint density at radius 1 is 0.900 bits per heavy atom. The van der Waals surface area contributed by atoms with Crippen molar-refractivity contribution in [1.29, 1.82) is 0 Å². The molecule has 0 nitrogen and oxygen atoms in total. The largest absolute Gasteiger partial charge is 0.126 e. The van der Waals surface area contributed by atoms with Crippen molar-refractivity contribution >= 4 is 19.8 Å². The summed E-state index contributed by atoms with van der Waals surface area (Å²) in [5.74, 6) is 0.574. The Bertz CT molecular complexity index is 586. The van der Waals surface area contributed by atoms with Gasteiger partial charge in [-0.05, 0) is 23.6 Å². The zero-order valence-corrected chi connectivity index (χ0v) is 14.3. The summed E-state index contributed by atoms with van der Waals surface area (Å²) in [5, 5.41) is 0. The molecule has 2 heteroatoms. The topological polar surface area (TPSA) is 0 Å². The number of thioether (sulfide) groups is 1. The van der Waals surface area contributed by atoms with Crippen molar-refractivity contribution in [1.82, 2.24) is 0 Å². The summed E-state index contributed by atoms with van der Waals surface area (Å²) in [6, 6.07) is 20.0. The second-order valence-corrected chi connectivity index (χ2v) is 13.8. The first kappa shape index (κ1) is 14.0. The standard InChI is InChI=1S/C18H22SSi/c1-20(2,3)18-13-16(14-9-5-4-6-10-14)15-11-7-8-12-17(15)19-18/h4-12,16,18H,13H2,1-3H3/t16-,18-/m0/s1. The zero-order chi connectivity index (χ0) is 14.2. The maximum atomic E-state index is 2.50. The lowest BCUT2D eigenvalue weighted by atomic mass is 9.89. The van der Waals surface area contributed by atoms with Crippen LogP contribution in [-0.4, -0.2) is 12.9 Å². The first-order valence-corrected chi connectivity index (χ1v) is 11.8. The molecular weight excluding hydrogens is 276 g/mol. The third kappa shape index (κ3) is 2.72. The van der Waals surface area contributed by atoms with Gasteiger partial charge >= 0.3 is 0 Å². The summed E-state index contributed by atoms with van der Waals surface area (Å²) in [4.78, 5) is 2.31. The van der Waals surface area contributed by atoms with E-state index in [1.54, 1.807) is 0 Å². The molecule has 1 aliphatic rings. The molecule has 104 valence electrons. The van der Waals surface area contributed by atoms with E-state index in [1.807, 2.05) is 0 Å². The van der Waals surface area contributed by atoms with Gasteiger partial charge in [0.1, 0.15) is 0 Å². The highest BCUT2D eigenvalue weighted by molar-refractivity contribution is 8.01. The SMILES string of the molecule is C[Si](C)(C)[C@H]1C[C@@H](c2ccccc2)c2ccccc2S1. The Balaban J connectivity index is 2.04. The highest BCUT2D eigenvalue weighted by Crippen LogP contribution is 2.47. The van der Waals surface area contributed by atoms with Crippen LogP contribution in [0.1, 0.15) is 23.5 Å². The van der Waals surface area contributed by atoms with Crippen molar-refractivity contribution in [2.75, 3.05) is 0 Å². The molecule has 2 aromatic rings. The summed E-state index contributed by atoms with van der Waals surface area (Å²) in [5.41, 5.74) is 3.00. The van der Waals surface area contributed by atoms with Gasteiger partial charge in [0.15, 0.2) is 0 Å². The molecule has 20 heavy (non-hydrogen) atoms. The molecule has 1 aliphatic heterocycles. The van der Waals surface area contributed by atoms with Gasteiger partial charge < -0.3 is 0 Å². The molecule has 0 spiro atoms. The molecule has 0 saturated carbocycles. The van der Waals surface area contributed by atoms with Crippen LogP contribution in [0, 0.1) is 0 Å². The summed E-state index contributed by atoms with van der Waals surface area (Å²) >= 11 is 2.12. The molecule has 0 saturated heterocycles. The number of rotatable bonds is 2. The van der Waals surface area contributed by atoms with Crippen LogP contribution in [-0.2, 0) is 0 Å². The van der Waals surface area contributed by atoms with Gasteiger partial charge in [0.2, 0.25) is 0 Å². The average Bonchev–Trinajstić information content (AvgIpc) is 2.46. The van der Waals surface area contributed by atoms with Crippen LogP contribution >= 0.6 is 11.8 Å². The minimum Gasteiger partial charge on any atom is -0.126 e. The molecule has 0 unspecified atom stereocenters. The molecule has 0 aromatic heterocycles. The Kier molecular flexibility index (Phi) is 3.78. The average molecular weight is 299 g/mol. The molecule has 3 rings (SSSR count). The van der Waals surface area contributed by atoms with Crippen molar-refractivity contribution in [2.45, 2.75) is 41.7 Å². The van der Waals surface area contributed by atoms with Crippen molar-refractivity contribution in [3.63, 3.8) is 0 Å². The second kappa shape index (κ2) is 5.42. The highest BCUT2D eigenvalue weighted by atomic mass is 32.2. The van der Waals surface area contributed by atoms with E-state index < -0.39 is 8.07 Å². The fourth-order valence-corrected chi connectivity index (χ4v) is 6.79. The van der Waals surface area contributed by atoms with E-state index in [0.717, 1.165) is 4.87 Å². The van der Waals surface area contributed by atoms with Crippen molar-refractivity contribution in [3.8, 4) is 0 Å². The lowest BCUT2D eigenvalue weighted by molar-refractivity contribution is 0.723. The highest BCUT2D eigenvalue weighted by Gasteiger charge is 2.35. The number of fused-ring (bicyclic) bond motifs is 1. The molecule has 2 atom stereocenters. The number of hydrogen-bond acceptors (Lipinski definition) is 1. The molecular formula is C18H22SSi. The second-order valence-electron chi connectivity index (χ2n) is 6.71. The maximum absolute atomic E-state index is 2.50. The van der Waals surface area contributed by atoms with Gasteiger partial charge in [-0.25, -0.2) is 0 Å². The van der Waals surface area contributed by atoms with Gasteiger partial charge in [0, 0.05) is 15.7 Å². The minimum atomic E-state index is -1.14. The summed E-state index contributed by atoms with van der Waals surface area (Å²) in [6.45, 7) is 7.50. The predicted molar refractivity (Wildman–Crippen MR) is 92.3 cm³/mol. The van der Waals surface area contributed by atoms with Gasteiger partial charge in [-0.1, -0.05) is 68.2 Å². The first-order valence-electron chi connectivity index (χ1n) is 7.36. The normalized spacial score (nSPS) is 22.4. The van der Waals surface area contributed by atoms with Gasteiger partial charge in [0.05, 0.1) is 8.07 Å². The maximum Gasteiger partial charge on any atom is 0.0592 e. The van der Waals surface area contributed by atoms with Crippen molar-refractivity contribution in [3.05, 3.63) is 65.7 Å². The molecule has 1 heterocycles. The monoisotopic (exact) mass is 298 g/mol. The fourth-order valence-electron chi connectivity index (χ4n) is 2.95. The van der Waals surface area contributed by atoms with E-state index in [1.165, 1.54) is 22.4 Å². The fraction of sp³-hybridized carbons (Fsp3) is 0.333. The Labute approximate surface area is 127 Å². The molecule has 0 aliphatic carbocycles. The smallest absolute Gasteiger partial charge is 0.0592 e. The molecule has 0 bridgehead atoms. The van der Waals surface area contributed by atoms with E-state index in [9.17, 15) is 0 Å². The molecule has 0 fully saturated rings. The van der Waals surface area contributed by atoms with Gasteiger partial charge in [-0.15, -0.1) is 11.8 Å². The van der Waals surface area contributed by atoms with Gasteiger partial charge in [-0.3, -0.25) is 0 Å². The summed E-state index contributed by atoms with van der Waals surface area (Å²) in [7, 11) is -1.14. The Hall–Kier alpha value is -0.993. The molecule has 0 amide bonds. The first-order chi connectivity index (χ1) is 9.55. The van der Waals surface area contributed by atoms with Crippen molar-refractivity contribution in [2.24, 2.45) is 0 Å². The van der Waals surface area contributed by atoms with Crippen LogP contribution in [0.25, 0.3) is 0 Å². The van der Waals surface area contributed by atoms with E-state index in [0.29, 0.717) is 5.92 Å². The molecule has 0 radical (unpaired) electrons. The van der Waals surface area contributed by atoms with Crippen molar-refractivity contribution < 1.29 is 0 Å². The van der Waals surface area contributed by atoms with Crippen LogP contribution in [0.2, 0.25) is 19.6 Å². The lowest BCUT2D eigenvalue weighted by Crippen LogP contribution is -2.38. The third-order valence-electron chi connectivity index (χ3n) is 4.18. The quantitative estimate of drug-likeness (QED) is 0.654. The number of hydrogen-bond donors (Lipinski definition) is 0. The molecule has 0 N–H and O–H groups in total. The Morgan fingerprint density at radius 3 is 2.25 bits per heavy atom. The van der Waals surface area contributed by atoms with Crippen LogP contribution < -0.4 is 0 Å². The van der Waals surface area contributed by atoms with Gasteiger partial charge in [0.25, 0.3) is 0 Å². The van der Waals surface area contributed by atoms with E-state index in [2.05, 4.69) is 86.0 Å². The zero-order valence-electron chi connectivity index (χ0n) is 12.5. The lowest BCUT2D eigenvalue weighted by Gasteiger charge is -2.37. The van der Waals surface area contributed by atoms with E-state index in [4.69, 9.17) is 0 Å². The number of benzene rings is 2.